The minimum absolute atomic E-state index is 0.0262. The van der Waals surface area contributed by atoms with Crippen molar-refractivity contribution < 1.29 is 22.8 Å². The van der Waals surface area contributed by atoms with E-state index in [4.69, 9.17) is 11.6 Å². The zero-order valence-electron chi connectivity index (χ0n) is 17.4. The molecule has 4 nitrogen and oxygen atoms in total. The quantitative estimate of drug-likeness (QED) is 0.625. The Morgan fingerprint density at radius 3 is 2.56 bits per heavy atom. The zero-order chi connectivity index (χ0) is 22.9. The van der Waals surface area contributed by atoms with Crippen molar-refractivity contribution in [3.63, 3.8) is 0 Å². The third-order valence-electron chi connectivity index (χ3n) is 6.49. The Morgan fingerprint density at radius 1 is 1.09 bits per heavy atom. The SMILES string of the molecule is O=C(Nc1ccc(Cl)c(C(F)(F)F)c1)[C@H]1CCC[C@H]2CCN(Cc3ccccc3)C(=O)[C@H]21. The van der Waals surface area contributed by atoms with E-state index in [1.807, 2.05) is 30.3 Å². The molecule has 0 radical (unpaired) electrons. The first kappa shape index (κ1) is 22.6. The van der Waals surface area contributed by atoms with Gasteiger partial charge in [-0.15, -0.1) is 0 Å². The highest BCUT2D eigenvalue weighted by Crippen LogP contribution is 2.42. The molecule has 2 fully saturated rings. The van der Waals surface area contributed by atoms with Crippen LogP contribution in [0.5, 0.6) is 0 Å². The lowest BCUT2D eigenvalue weighted by atomic mass is 9.68. The molecule has 1 heterocycles. The summed E-state index contributed by atoms with van der Waals surface area (Å²) in [5, 5.41) is 2.18. The van der Waals surface area contributed by atoms with E-state index >= 15 is 0 Å². The predicted molar refractivity (Wildman–Crippen MR) is 116 cm³/mol. The number of rotatable bonds is 4. The maximum Gasteiger partial charge on any atom is 0.417 e. The van der Waals surface area contributed by atoms with E-state index in [0.29, 0.717) is 19.5 Å². The number of piperidine rings is 1. The maximum atomic E-state index is 13.3. The molecule has 1 saturated heterocycles. The average Bonchev–Trinajstić information content (AvgIpc) is 2.76. The summed E-state index contributed by atoms with van der Waals surface area (Å²) in [5.74, 6) is -1.35. The van der Waals surface area contributed by atoms with Crippen molar-refractivity contribution in [2.45, 2.75) is 38.4 Å². The minimum Gasteiger partial charge on any atom is -0.338 e. The largest absolute Gasteiger partial charge is 0.417 e. The molecule has 2 aliphatic rings. The highest BCUT2D eigenvalue weighted by molar-refractivity contribution is 6.31. The average molecular weight is 465 g/mol. The number of carbonyl (C=O) groups is 2. The van der Waals surface area contributed by atoms with Crippen molar-refractivity contribution in [3.05, 3.63) is 64.7 Å². The molecule has 1 aliphatic heterocycles. The molecule has 1 saturated carbocycles. The van der Waals surface area contributed by atoms with Gasteiger partial charge in [-0.25, -0.2) is 0 Å². The van der Waals surface area contributed by atoms with Crippen LogP contribution in [0.2, 0.25) is 5.02 Å². The van der Waals surface area contributed by atoms with Crippen LogP contribution in [0.4, 0.5) is 18.9 Å². The number of amides is 2. The van der Waals surface area contributed by atoms with Gasteiger partial charge in [-0.3, -0.25) is 9.59 Å². The molecule has 1 N–H and O–H groups in total. The van der Waals surface area contributed by atoms with Gasteiger partial charge in [-0.2, -0.15) is 13.2 Å². The van der Waals surface area contributed by atoms with E-state index in [1.54, 1.807) is 4.90 Å². The smallest absolute Gasteiger partial charge is 0.338 e. The van der Waals surface area contributed by atoms with Gasteiger partial charge in [-0.05, 0) is 48.9 Å². The fraction of sp³-hybridized carbons (Fsp3) is 0.417. The van der Waals surface area contributed by atoms with E-state index < -0.39 is 34.5 Å². The molecule has 0 spiro atoms. The maximum absolute atomic E-state index is 13.3. The molecule has 3 atom stereocenters. The van der Waals surface area contributed by atoms with Crippen LogP contribution in [0, 0.1) is 17.8 Å². The molecule has 8 heteroatoms. The number of alkyl halides is 3. The van der Waals surface area contributed by atoms with Gasteiger partial charge in [0.2, 0.25) is 11.8 Å². The van der Waals surface area contributed by atoms with E-state index in [-0.39, 0.29) is 17.5 Å². The molecule has 2 aromatic rings. The van der Waals surface area contributed by atoms with E-state index in [2.05, 4.69) is 5.32 Å². The lowest BCUT2D eigenvalue weighted by Crippen LogP contribution is -2.51. The molecular formula is C24H24ClF3N2O2. The summed E-state index contributed by atoms with van der Waals surface area (Å²) in [6.45, 7) is 1.14. The number of hydrogen-bond donors (Lipinski definition) is 1. The Kier molecular flexibility index (Phi) is 6.47. The minimum atomic E-state index is -4.62. The van der Waals surface area contributed by atoms with Crippen LogP contribution in [0.3, 0.4) is 0 Å². The zero-order valence-corrected chi connectivity index (χ0v) is 18.1. The van der Waals surface area contributed by atoms with Gasteiger partial charge in [0, 0.05) is 18.8 Å². The van der Waals surface area contributed by atoms with E-state index in [9.17, 15) is 22.8 Å². The molecular weight excluding hydrogens is 441 g/mol. The fourth-order valence-electron chi connectivity index (χ4n) is 4.94. The molecule has 32 heavy (non-hydrogen) atoms. The van der Waals surface area contributed by atoms with Gasteiger partial charge in [0.05, 0.1) is 22.4 Å². The number of likely N-dealkylation sites (tertiary alicyclic amines) is 1. The summed E-state index contributed by atoms with van der Waals surface area (Å²) < 4.78 is 39.5. The standard InChI is InChI=1S/C24H24ClF3N2O2/c25-20-10-9-17(13-19(20)24(26,27)28)29-22(31)18-8-4-7-16-11-12-30(23(32)21(16)18)14-15-5-2-1-3-6-15/h1-3,5-6,9-10,13,16,18,21H,4,7-8,11-12,14H2,(H,29,31)/t16-,18-,21+/m0/s1. The summed E-state index contributed by atoms with van der Waals surface area (Å²) in [4.78, 5) is 28.2. The summed E-state index contributed by atoms with van der Waals surface area (Å²) in [6, 6.07) is 13.0. The summed E-state index contributed by atoms with van der Waals surface area (Å²) in [7, 11) is 0. The second-order valence-corrected chi connectivity index (χ2v) is 8.95. The molecule has 0 unspecified atom stereocenters. The van der Waals surface area contributed by atoms with Gasteiger partial charge in [0.1, 0.15) is 0 Å². The topological polar surface area (TPSA) is 49.4 Å². The van der Waals surface area contributed by atoms with Crippen LogP contribution in [-0.2, 0) is 22.3 Å². The third kappa shape index (κ3) is 4.77. The van der Waals surface area contributed by atoms with Crippen LogP contribution in [-0.4, -0.2) is 23.3 Å². The monoisotopic (exact) mass is 464 g/mol. The van der Waals surface area contributed by atoms with Gasteiger partial charge < -0.3 is 10.2 Å². The molecule has 170 valence electrons. The molecule has 1 aliphatic carbocycles. The normalized spacial score (nSPS) is 23.6. The van der Waals surface area contributed by atoms with Crippen LogP contribution >= 0.6 is 11.6 Å². The van der Waals surface area contributed by atoms with E-state index in [0.717, 1.165) is 37.0 Å². The second kappa shape index (κ2) is 9.14. The Hall–Kier alpha value is -2.54. The predicted octanol–water partition coefficient (Wildman–Crippen LogP) is 5.76. The van der Waals surface area contributed by atoms with Crippen molar-refractivity contribution >= 4 is 29.1 Å². The number of benzene rings is 2. The number of anilines is 1. The van der Waals surface area contributed by atoms with Gasteiger partial charge in [0.25, 0.3) is 0 Å². The van der Waals surface area contributed by atoms with Crippen LogP contribution in [0.25, 0.3) is 0 Å². The van der Waals surface area contributed by atoms with Crippen LogP contribution in [0.1, 0.15) is 36.8 Å². The molecule has 4 rings (SSSR count). The molecule has 0 bridgehead atoms. The van der Waals surface area contributed by atoms with Gasteiger partial charge in [0.15, 0.2) is 0 Å². The second-order valence-electron chi connectivity index (χ2n) is 8.54. The lowest BCUT2D eigenvalue weighted by molar-refractivity contribution is -0.150. The van der Waals surface area contributed by atoms with Crippen molar-refractivity contribution in [3.8, 4) is 0 Å². The number of carbonyl (C=O) groups excluding carboxylic acids is 2. The van der Waals surface area contributed by atoms with Gasteiger partial charge in [-0.1, -0.05) is 48.4 Å². The van der Waals surface area contributed by atoms with Crippen LogP contribution in [0.15, 0.2) is 48.5 Å². The summed E-state index contributed by atoms with van der Waals surface area (Å²) >= 11 is 5.68. The van der Waals surface area contributed by atoms with Crippen molar-refractivity contribution in [1.82, 2.24) is 4.90 Å². The van der Waals surface area contributed by atoms with Crippen molar-refractivity contribution in [2.75, 3.05) is 11.9 Å². The van der Waals surface area contributed by atoms with Crippen LogP contribution < -0.4 is 5.32 Å². The highest BCUT2D eigenvalue weighted by atomic mass is 35.5. The molecule has 2 aromatic carbocycles. The molecule has 0 aromatic heterocycles. The lowest BCUT2D eigenvalue weighted by Gasteiger charge is -2.44. The Labute approximate surface area is 189 Å². The Balaban J connectivity index is 1.51. The first-order valence-corrected chi connectivity index (χ1v) is 11.1. The third-order valence-corrected chi connectivity index (χ3v) is 6.82. The van der Waals surface area contributed by atoms with Crippen molar-refractivity contribution in [2.24, 2.45) is 17.8 Å². The number of hydrogen-bond acceptors (Lipinski definition) is 2. The van der Waals surface area contributed by atoms with Gasteiger partial charge >= 0.3 is 6.18 Å². The highest BCUT2D eigenvalue weighted by Gasteiger charge is 2.46. The first-order chi connectivity index (χ1) is 15.2. The Morgan fingerprint density at radius 2 is 1.84 bits per heavy atom. The summed E-state index contributed by atoms with van der Waals surface area (Å²) in [5.41, 5.74) is 0.0523. The van der Waals surface area contributed by atoms with E-state index in [1.165, 1.54) is 6.07 Å². The van der Waals surface area contributed by atoms with Crippen molar-refractivity contribution in [1.29, 1.82) is 0 Å². The Bertz CT molecular complexity index is 996. The summed E-state index contributed by atoms with van der Waals surface area (Å²) in [6.07, 6.45) is -1.55. The first-order valence-electron chi connectivity index (χ1n) is 10.7. The number of nitrogens with zero attached hydrogens (tertiary/aromatic N) is 1. The number of fused-ring (bicyclic) bond motifs is 1. The fourth-order valence-corrected chi connectivity index (χ4v) is 5.16. The number of nitrogens with one attached hydrogen (secondary N) is 1. The number of halogens is 4. The molecule has 2 amide bonds.